The van der Waals surface area contributed by atoms with Crippen molar-refractivity contribution in [2.75, 3.05) is 0 Å². The van der Waals surface area contributed by atoms with Crippen molar-refractivity contribution in [2.24, 2.45) is 5.92 Å². The lowest BCUT2D eigenvalue weighted by Gasteiger charge is -2.18. The Kier molecular flexibility index (Phi) is 3.92. The third-order valence-corrected chi connectivity index (χ3v) is 4.16. The zero-order chi connectivity index (χ0) is 13.9. The van der Waals surface area contributed by atoms with Crippen molar-refractivity contribution in [1.29, 1.82) is 0 Å². The first-order valence-corrected chi connectivity index (χ1v) is 7.70. The second-order valence-electron chi connectivity index (χ2n) is 5.34. The van der Waals surface area contributed by atoms with Crippen LogP contribution in [0.4, 0.5) is 0 Å². The molecule has 1 aliphatic rings. The molecule has 2 N–H and O–H groups in total. The number of nitrogens with one attached hydrogen (secondary N) is 2. The molecule has 0 bridgehead atoms. The summed E-state index contributed by atoms with van der Waals surface area (Å²) in [6.07, 6.45) is 5.11. The van der Waals surface area contributed by atoms with Crippen molar-refractivity contribution in [1.82, 2.24) is 10.3 Å². The monoisotopic (exact) mass is 332 g/mol. The number of benzene rings is 1. The van der Waals surface area contributed by atoms with E-state index in [-0.39, 0.29) is 11.9 Å². The van der Waals surface area contributed by atoms with Crippen molar-refractivity contribution in [3.05, 3.63) is 58.3 Å². The molecule has 104 valence electrons. The van der Waals surface area contributed by atoms with Crippen LogP contribution in [0.2, 0.25) is 0 Å². The second-order valence-corrected chi connectivity index (χ2v) is 6.25. The van der Waals surface area contributed by atoms with Crippen LogP contribution in [0.3, 0.4) is 0 Å². The van der Waals surface area contributed by atoms with Gasteiger partial charge in [-0.3, -0.25) is 4.79 Å². The van der Waals surface area contributed by atoms with Gasteiger partial charge < -0.3 is 10.3 Å². The van der Waals surface area contributed by atoms with E-state index in [9.17, 15) is 4.79 Å². The minimum absolute atomic E-state index is 0.0245. The highest BCUT2D eigenvalue weighted by molar-refractivity contribution is 9.10. The van der Waals surface area contributed by atoms with E-state index in [1.165, 1.54) is 18.4 Å². The first-order valence-electron chi connectivity index (χ1n) is 6.91. The Hall–Kier alpha value is -1.55. The van der Waals surface area contributed by atoms with Crippen LogP contribution in [0.5, 0.6) is 0 Å². The molecule has 0 saturated heterocycles. The summed E-state index contributed by atoms with van der Waals surface area (Å²) in [7, 11) is 0. The van der Waals surface area contributed by atoms with Gasteiger partial charge in [0.25, 0.3) is 5.91 Å². The first kappa shape index (κ1) is 13.4. The van der Waals surface area contributed by atoms with Gasteiger partial charge in [0.2, 0.25) is 0 Å². The Morgan fingerprint density at radius 3 is 2.70 bits per heavy atom. The number of halogens is 1. The largest absolute Gasteiger partial charge is 0.356 e. The smallest absolute Gasteiger partial charge is 0.267 e. The summed E-state index contributed by atoms with van der Waals surface area (Å²) in [6.45, 7) is 0. The van der Waals surface area contributed by atoms with E-state index in [0.29, 0.717) is 11.6 Å². The van der Waals surface area contributed by atoms with Gasteiger partial charge in [-0.1, -0.05) is 30.3 Å². The standard InChI is InChI=1S/C16H17BrN2O/c17-13-9-15(18-10-13)16(20)19-14(12-6-7-12)8-11-4-2-1-3-5-11/h1-5,9-10,12,14,18H,6-8H2,(H,19,20)/t14-/m1/s1. The quantitative estimate of drug-likeness (QED) is 0.864. The SMILES string of the molecule is O=C(N[C@H](Cc1ccccc1)C1CC1)c1cc(Br)c[nH]1. The van der Waals surface area contributed by atoms with E-state index < -0.39 is 0 Å². The van der Waals surface area contributed by atoms with Crippen LogP contribution in [-0.2, 0) is 6.42 Å². The molecule has 1 aliphatic carbocycles. The minimum atomic E-state index is -0.0245. The Morgan fingerprint density at radius 2 is 2.10 bits per heavy atom. The fraction of sp³-hybridized carbons (Fsp3) is 0.312. The molecule has 4 heteroatoms. The fourth-order valence-electron chi connectivity index (χ4n) is 2.45. The maximum Gasteiger partial charge on any atom is 0.267 e. The van der Waals surface area contributed by atoms with E-state index >= 15 is 0 Å². The molecule has 1 amide bonds. The summed E-state index contributed by atoms with van der Waals surface area (Å²) in [5.74, 6) is 0.598. The van der Waals surface area contributed by atoms with E-state index in [4.69, 9.17) is 0 Å². The highest BCUT2D eigenvalue weighted by Gasteiger charge is 2.32. The third-order valence-electron chi connectivity index (χ3n) is 3.70. The van der Waals surface area contributed by atoms with Crippen molar-refractivity contribution < 1.29 is 4.79 Å². The van der Waals surface area contributed by atoms with Gasteiger partial charge in [-0.05, 0) is 52.7 Å². The zero-order valence-corrected chi connectivity index (χ0v) is 12.7. The van der Waals surface area contributed by atoms with Crippen LogP contribution in [0.1, 0.15) is 28.9 Å². The lowest BCUT2D eigenvalue weighted by molar-refractivity contribution is 0.0927. The molecule has 1 heterocycles. The fourth-order valence-corrected chi connectivity index (χ4v) is 2.79. The summed E-state index contributed by atoms with van der Waals surface area (Å²) >= 11 is 3.35. The number of carbonyl (C=O) groups excluding carboxylic acids is 1. The summed E-state index contributed by atoms with van der Waals surface area (Å²) in [5.41, 5.74) is 1.88. The number of carbonyl (C=O) groups is 1. The molecule has 2 aromatic rings. The van der Waals surface area contributed by atoms with Crippen LogP contribution in [0.25, 0.3) is 0 Å². The lowest BCUT2D eigenvalue weighted by atomic mass is 10.0. The van der Waals surface area contributed by atoms with Gasteiger partial charge in [0.1, 0.15) is 5.69 Å². The van der Waals surface area contributed by atoms with Crippen molar-refractivity contribution in [3.63, 3.8) is 0 Å². The van der Waals surface area contributed by atoms with Gasteiger partial charge in [0.05, 0.1) is 0 Å². The van der Waals surface area contributed by atoms with E-state index in [1.54, 1.807) is 6.20 Å². The molecule has 1 aromatic carbocycles. The first-order chi connectivity index (χ1) is 9.72. The number of aromatic amines is 1. The van der Waals surface area contributed by atoms with Gasteiger partial charge in [0.15, 0.2) is 0 Å². The molecule has 20 heavy (non-hydrogen) atoms. The topological polar surface area (TPSA) is 44.9 Å². The van der Waals surface area contributed by atoms with E-state index in [0.717, 1.165) is 10.9 Å². The summed E-state index contributed by atoms with van der Waals surface area (Å²) in [6, 6.07) is 12.4. The predicted octanol–water partition coefficient (Wildman–Crippen LogP) is 3.53. The highest BCUT2D eigenvalue weighted by Crippen LogP contribution is 2.34. The molecular formula is C16H17BrN2O. The Morgan fingerprint density at radius 1 is 1.35 bits per heavy atom. The Bertz CT molecular complexity index is 590. The second kappa shape index (κ2) is 5.83. The summed E-state index contributed by atoms with van der Waals surface area (Å²) < 4.78 is 0.897. The average Bonchev–Trinajstić information content (AvgIpc) is 3.21. The molecule has 3 nitrogen and oxygen atoms in total. The maximum absolute atomic E-state index is 12.2. The molecule has 0 spiro atoms. The van der Waals surface area contributed by atoms with Gasteiger partial charge in [0, 0.05) is 16.7 Å². The summed E-state index contributed by atoms with van der Waals surface area (Å²) in [5, 5.41) is 3.17. The lowest BCUT2D eigenvalue weighted by Crippen LogP contribution is -2.38. The van der Waals surface area contributed by atoms with E-state index in [1.807, 2.05) is 24.3 Å². The molecule has 0 unspecified atom stereocenters. The van der Waals surface area contributed by atoms with Crippen LogP contribution in [0.15, 0.2) is 47.1 Å². The third kappa shape index (κ3) is 3.31. The van der Waals surface area contributed by atoms with E-state index in [2.05, 4.69) is 38.4 Å². The van der Waals surface area contributed by atoms with Gasteiger partial charge in [-0.2, -0.15) is 0 Å². The highest BCUT2D eigenvalue weighted by atomic mass is 79.9. The predicted molar refractivity (Wildman–Crippen MR) is 82.6 cm³/mol. The van der Waals surface area contributed by atoms with Crippen molar-refractivity contribution in [3.8, 4) is 0 Å². The molecule has 0 aliphatic heterocycles. The van der Waals surface area contributed by atoms with Crippen LogP contribution in [-0.4, -0.2) is 16.9 Å². The summed E-state index contributed by atoms with van der Waals surface area (Å²) in [4.78, 5) is 15.2. The number of hydrogen-bond donors (Lipinski definition) is 2. The van der Waals surface area contributed by atoms with Crippen molar-refractivity contribution >= 4 is 21.8 Å². The number of H-pyrrole nitrogens is 1. The average molecular weight is 333 g/mol. The number of amides is 1. The molecule has 1 fully saturated rings. The number of rotatable bonds is 5. The van der Waals surface area contributed by atoms with Crippen molar-refractivity contribution in [2.45, 2.75) is 25.3 Å². The number of aromatic nitrogens is 1. The van der Waals surface area contributed by atoms with Gasteiger partial charge in [-0.25, -0.2) is 0 Å². The molecule has 1 aromatic heterocycles. The normalized spacial score (nSPS) is 15.8. The van der Waals surface area contributed by atoms with Gasteiger partial charge in [-0.15, -0.1) is 0 Å². The van der Waals surface area contributed by atoms with Crippen LogP contribution >= 0.6 is 15.9 Å². The molecule has 1 saturated carbocycles. The zero-order valence-electron chi connectivity index (χ0n) is 11.1. The Balaban J connectivity index is 1.67. The Labute approximate surface area is 126 Å². The molecule has 0 radical (unpaired) electrons. The molecule has 3 rings (SSSR count). The van der Waals surface area contributed by atoms with Crippen LogP contribution < -0.4 is 5.32 Å². The maximum atomic E-state index is 12.2. The van der Waals surface area contributed by atoms with Crippen LogP contribution in [0, 0.1) is 5.92 Å². The molecule has 1 atom stereocenters. The number of hydrogen-bond acceptors (Lipinski definition) is 1. The molecular weight excluding hydrogens is 316 g/mol. The minimum Gasteiger partial charge on any atom is -0.356 e. The van der Waals surface area contributed by atoms with Gasteiger partial charge >= 0.3 is 0 Å².